The summed E-state index contributed by atoms with van der Waals surface area (Å²) in [5.74, 6) is -2.51. The molecule has 2 aromatic carbocycles. The molecule has 0 saturated carbocycles. The molecule has 0 aromatic heterocycles. The predicted molar refractivity (Wildman–Crippen MR) is 131 cm³/mol. The number of rotatable bonds is 4. The van der Waals surface area contributed by atoms with Crippen molar-refractivity contribution in [3.63, 3.8) is 0 Å². The summed E-state index contributed by atoms with van der Waals surface area (Å²) in [7, 11) is 2.29. The molecule has 2 aliphatic heterocycles. The number of piperidine rings is 1. The van der Waals surface area contributed by atoms with Gasteiger partial charge in [-0.3, -0.25) is 0 Å². The van der Waals surface area contributed by atoms with E-state index in [-0.39, 0.29) is 6.10 Å². The van der Waals surface area contributed by atoms with E-state index >= 15 is 0 Å². The van der Waals surface area contributed by atoms with E-state index in [4.69, 9.17) is 14.9 Å². The SMILES string of the molecule is Cc1ccc2c(c1)C(OC1CC3CCC(C1)N3C)c1ccccc1C=C2.O=C(O)/C=C/C(=O)O. The molecule has 34 heavy (non-hydrogen) atoms. The van der Waals surface area contributed by atoms with Crippen molar-refractivity contribution in [2.24, 2.45) is 0 Å². The zero-order valence-electron chi connectivity index (χ0n) is 19.6. The van der Waals surface area contributed by atoms with Crippen molar-refractivity contribution in [3.05, 3.63) is 82.4 Å². The van der Waals surface area contributed by atoms with Crippen LogP contribution in [0.2, 0.25) is 0 Å². The van der Waals surface area contributed by atoms with Crippen LogP contribution in [0.1, 0.15) is 59.6 Å². The predicted octanol–water partition coefficient (Wildman–Crippen LogP) is 4.92. The van der Waals surface area contributed by atoms with Crippen molar-refractivity contribution in [1.82, 2.24) is 4.90 Å². The Hall–Kier alpha value is -3.22. The number of carboxylic acids is 2. The van der Waals surface area contributed by atoms with E-state index in [2.05, 4.69) is 73.5 Å². The molecular formula is C28H31NO5. The lowest BCUT2D eigenvalue weighted by atomic mass is 9.94. The number of hydrogen-bond donors (Lipinski definition) is 2. The van der Waals surface area contributed by atoms with Crippen LogP contribution in [-0.2, 0) is 14.3 Å². The minimum Gasteiger partial charge on any atom is -0.478 e. The van der Waals surface area contributed by atoms with Gasteiger partial charge >= 0.3 is 11.9 Å². The lowest BCUT2D eigenvalue weighted by Gasteiger charge is -2.38. The van der Waals surface area contributed by atoms with Crippen molar-refractivity contribution in [3.8, 4) is 0 Å². The Morgan fingerprint density at radius 3 is 2.12 bits per heavy atom. The quantitative estimate of drug-likeness (QED) is 0.629. The van der Waals surface area contributed by atoms with Crippen molar-refractivity contribution in [2.75, 3.05) is 7.05 Å². The molecule has 0 radical (unpaired) electrons. The molecule has 3 unspecified atom stereocenters. The molecule has 178 valence electrons. The van der Waals surface area contributed by atoms with E-state index in [1.807, 2.05) is 0 Å². The maximum atomic E-state index is 9.55. The Morgan fingerprint density at radius 1 is 0.912 bits per heavy atom. The van der Waals surface area contributed by atoms with Gasteiger partial charge in [0.2, 0.25) is 0 Å². The summed E-state index contributed by atoms with van der Waals surface area (Å²) in [6.45, 7) is 2.17. The van der Waals surface area contributed by atoms with E-state index in [0.717, 1.165) is 0 Å². The normalized spacial score (nSPS) is 25.1. The summed E-state index contributed by atoms with van der Waals surface area (Å²) in [5.41, 5.74) is 6.49. The van der Waals surface area contributed by atoms with Gasteiger partial charge in [-0.25, -0.2) is 9.59 Å². The number of ether oxygens (including phenoxy) is 1. The first-order chi connectivity index (χ1) is 16.3. The number of aryl methyl sites for hydroxylation is 1. The number of benzene rings is 2. The molecule has 6 nitrogen and oxygen atoms in total. The molecule has 6 heteroatoms. The zero-order chi connectivity index (χ0) is 24.2. The van der Waals surface area contributed by atoms with Crippen LogP contribution in [0.4, 0.5) is 0 Å². The second kappa shape index (κ2) is 10.4. The van der Waals surface area contributed by atoms with Crippen LogP contribution in [0, 0.1) is 6.92 Å². The van der Waals surface area contributed by atoms with E-state index in [1.54, 1.807) is 0 Å². The van der Waals surface area contributed by atoms with Gasteiger partial charge < -0.3 is 19.8 Å². The van der Waals surface area contributed by atoms with Gasteiger partial charge in [0.15, 0.2) is 0 Å². The largest absolute Gasteiger partial charge is 0.478 e. The molecule has 5 rings (SSSR count). The average Bonchev–Trinajstić information content (AvgIpc) is 2.97. The molecule has 1 aliphatic carbocycles. The molecule has 2 bridgehead atoms. The molecule has 0 amide bonds. The number of carboxylic acid groups (broad SMARTS) is 2. The monoisotopic (exact) mass is 461 g/mol. The summed E-state index contributed by atoms with van der Waals surface area (Å²) in [6, 6.07) is 16.9. The topological polar surface area (TPSA) is 87.1 Å². The standard InChI is InChI=1S/C24H27NO.C4H4O4/c1-16-7-8-18-10-9-17-5-3-4-6-22(17)24(23(18)13-16)26-21-14-19-11-12-20(15-21)25(19)2;5-3(6)1-2-4(7)8/h3-10,13,19-21,24H,11-12,14-15H2,1-2H3;1-2H,(H,5,6)(H,7,8)/b;2-1+. The fraction of sp³-hybridized carbons (Fsp3) is 0.357. The third kappa shape index (κ3) is 5.46. The minimum absolute atomic E-state index is 0.0314. The highest BCUT2D eigenvalue weighted by Crippen LogP contribution is 2.41. The van der Waals surface area contributed by atoms with Crippen molar-refractivity contribution in [1.29, 1.82) is 0 Å². The molecule has 3 atom stereocenters. The minimum atomic E-state index is -1.26. The molecular weight excluding hydrogens is 430 g/mol. The second-order valence-corrected chi connectivity index (χ2v) is 9.26. The molecule has 2 saturated heterocycles. The molecule has 2 aromatic rings. The molecule has 2 N–H and O–H groups in total. The van der Waals surface area contributed by atoms with Crippen molar-refractivity contribution in [2.45, 2.75) is 56.9 Å². The van der Waals surface area contributed by atoms with Gasteiger partial charge in [-0.15, -0.1) is 0 Å². The Bertz CT molecular complexity index is 1090. The summed E-state index contributed by atoms with van der Waals surface area (Å²) in [6.07, 6.45) is 11.0. The highest BCUT2D eigenvalue weighted by molar-refractivity contribution is 5.89. The van der Waals surface area contributed by atoms with Crippen LogP contribution in [0.15, 0.2) is 54.6 Å². The van der Waals surface area contributed by atoms with Crippen LogP contribution >= 0.6 is 0 Å². The van der Waals surface area contributed by atoms with Gasteiger partial charge in [0.05, 0.1) is 6.10 Å². The number of carbonyl (C=O) groups is 2. The third-order valence-corrected chi connectivity index (χ3v) is 7.00. The lowest BCUT2D eigenvalue weighted by molar-refractivity contribution is -0.134. The van der Waals surface area contributed by atoms with Gasteiger partial charge in [-0.2, -0.15) is 0 Å². The summed E-state index contributed by atoms with van der Waals surface area (Å²) in [5, 5.41) is 15.6. The van der Waals surface area contributed by atoms with Crippen molar-refractivity contribution < 1.29 is 24.5 Å². The van der Waals surface area contributed by atoms with Gasteiger partial charge in [-0.1, -0.05) is 60.2 Å². The third-order valence-electron chi connectivity index (χ3n) is 7.00. The van der Waals surface area contributed by atoms with Gasteiger partial charge in [-0.05, 0) is 61.9 Å². The van der Waals surface area contributed by atoms with Gasteiger partial charge in [0, 0.05) is 24.2 Å². The molecule has 0 spiro atoms. The van der Waals surface area contributed by atoms with Crippen LogP contribution in [0.25, 0.3) is 12.2 Å². The number of hydrogen-bond acceptors (Lipinski definition) is 4. The Labute approximate surface area is 200 Å². The average molecular weight is 462 g/mol. The molecule has 2 heterocycles. The van der Waals surface area contributed by atoms with Crippen LogP contribution in [0.3, 0.4) is 0 Å². The summed E-state index contributed by atoms with van der Waals surface area (Å²) < 4.78 is 6.88. The fourth-order valence-corrected chi connectivity index (χ4v) is 5.28. The Morgan fingerprint density at radius 2 is 1.50 bits per heavy atom. The fourth-order valence-electron chi connectivity index (χ4n) is 5.28. The smallest absolute Gasteiger partial charge is 0.328 e. The molecule has 3 aliphatic rings. The number of aliphatic carboxylic acids is 2. The maximum absolute atomic E-state index is 9.55. The Balaban J connectivity index is 0.000000297. The first-order valence-corrected chi connectivity index (χ1v) is 11.7. The number of nitrogens with zero attached hydrogens (tertiary/aromatic N) is 1. The second-order valence-electron chi connectivity index (χ2n) is 9.26. The lowest BCUT2D eigenvalue weighted by Crippen LogP contribution is -2.43. The van der Waals surface area contributed by atoms with Crippen LogP contribution in [-0.4, -0.2) is 52.3 Å². The zero-order valence-corrected chi connectivity index (χ0v) is 19.6. The first-order valence-electron chi connectivity index (χ1n) is 11.7. The van der Waals surface area contributed by atoms with E-state index < -0.39 is 11.9 Å². The van der Waals surface area contributed by atoms with Crippen molar-refractivity contribution >= 4 is 24.1 Å². The van der Waals surface area contributed by atoms with Crippen LogP contribution in [0.5, 0.6) is 0 Å². The highest BCUT2D eigenvalue weighted by Gasteiger charge is 2.40. The summed E-state index contributed by atoms with van der Waals surface area (Å²) >= 11 is 0. The highest BCUT2D eigenvalue weighted by atomic mass is 16.5. The Kier molecular flexibility index (Phi) is 7.29. The first kappa shape index (κ1) is 23.9. The van der Waals surface area contributed by atoms with Crippen LogP contribution < -0.4 is 0 Å². The van der Waals surface area contributed by atoms with Gasteiger partial charge in [0.25, 0.3) is 0 Å². The van der Waals surface area contributed by atoms with Gasteiger partial charge in [0.1, 0.15) is 6.10 Å². The summed E-state index contributed by atoms with van der Waals surface area (Å²) in [4.78, 5) is 21.7. The molecule has 2 fully saturated rings. The van der Waals surface area contributed by atoms with E-state index in [1.165, 1.54) is 53.5 Å². The number of fused-ring (bicyclic) bond motifs is 4. The maximum Gasteiger partial charge on any atom is 0.328 e. The van der Waals surface area contributed by atoms with E-state index in [0.29, 0.717) is 30.3 Å². The van der Waals surface area contributed by atoms with E-state index in [9.17, 15) is 9.59 Å².